The Morgan fingerprint density at radius 3 is 1.97 bits per heavy atom. The predicted molar refractivity (Wildman–Crippen MR) is 143 cm³/mol. The van der Waals surface area contributed by atoms with Gasteiger partial charge in [-0.05, 0) is 37.3 Å². The molecule has 6 aromatic rings. The third-order valence-electron chi connectivity index (χ3n) is 6.44. The average Bonchev–Trinajstić information content (AvgIpc) is 3.39. The first-order chi connectivity index (χ1) is 16.3. The molecule has 0 spiro atoms. The van der Waals surface area contributed by atoms with Gasteiger partial charge in [-0.1, -0.05) is 91.5 Å². The summed E-state index contributed by atoms with van der Waals surface area (Å²) in [5.74, 6) is 0. The zero-order valence-corrected chi connectivity index (χ0v) is 18.6. The third kappa shape index (κ3) is 2.81. The summed E-state index contributed by atoms with van der Waals surface area (Å²) in [4.78, 5) is 0. The van der Waals surface area contributed by atoms with Crippen molar-refractivity contribution in [2.75, 3.05) is 0 Å². The number of hydrogen-bond donors (Lipinski definition) is 0. The topological polar surface area (TPSA) is 9.86 Å². The van der Waals surface area contributed by atoms with Crippen molar-refractivity contribution in [1.82, 2.24) is 9.13 Å². The molecular formula is C31H24N2. The van der Waals surface area contributed by atoms with Gasteiger partial charge in [0.1, 0.15) is 0 Å². The Morgan fingerprint density at radius 2 is 1.27 bits per heavy atom. The number of benzene rings is 4. The maximum Gasteiger partial charge on any atom is 0.0788 e. The van der Waals surface area contributed by atoms with Crippen molar-refractivity contribution in [3.8, 4) is 5.69 Å². The molecule has 158 valence electrons. The summed E-state index contributed by atoms with van der Waals surface area (Å²) in [5.41, 5.74) is 7.14. The minimum absolute atomic E-state index is 1.12. The molecule has 6 rings (SSSR count). The number of nitrogens with zero attached hydrogens (tertiary/aromatic N) is 2. The fourth-order valence-electron chi connectivity index (χ4n) is 5.08. The Bertz CT molecular complexity index is 1720. The summed E-state index contributed by atoms with van der Waals surface area (Å²) in [7, 11) is 0. The number of hydrogen-bond acceptors (Lipinski definition) is 0. The lowest BCUT2D eigenvalue weighted by Crippen LogP contribution is -1.99. The van der Waals surface area contributed by atoms with Crippen LogP contribution in [0.2, 0.25) is 0 Å². The summed E-state index contributed by atoms with van der Waals surface area (Å²) in [6, 6.07) is 32.6. The standard InChI is InChI=1S/C31H24N2/c1-3-5-13-22(4-2)32-28-18-11-9-16-24(28)26-20-21-27-25-17-10-12-19-29(25)33(31(27)30(26)32)23-14-7-6-8-15-23/h3-21H,1H2,2H3/b13-5-,22-4+. The minimum Gasteiger partial charge on any atom is -0.308 e. The molecule has 0 N–H and O–H groups in total. The fraction of sp³-hybridized carbons (Fsp3) is 0.0323. The first-order valence-corrected chi connectivity index (χ1v) is 11.3. The number of aromatic nitrogens is 2. The second-order valence-electron chi connectivity index (χ2n) is 8.21. The molecule has 0 bridgehead atoms. The lowest BCUT2D eigenvalue weighted by Gasteiger charge is -2.13. The zero-order valence-electron chi connectivity index (χ0n) is 18.6. The van der Waals surface area contributed by atoms with E-state index in [0.29, 0.717) is 0 Å². The Morgan fingerprint density at radius 1 is 0.667 bits per heavy atom. The van der Waals surface area contributed by atoms with E-state index >= 15 is 0 Å². The highest BCUT2D eigenvalue weighted by Crippen LogP contribution is 2.41. The smallest absolute Gasteiger partial charge is 0.0788 e. The van der Waals surface area contributed by atoms with E-state index in [1.54, 1.807) is 0 Å². The van der Waals surface area contributed by atoms with E-state index in [0.717, 1.165) is 11.4 Å². The van der Waals surface area contributed by atoms with Crippen LogP contribution in [-0.4, -0.2) is 9.13 Å². The second kappa shape index (κ2) is 7.68. The molecule has 0 fully saturated rings. The molecule has 2 aromatic heterocycles. The van der Waals surface area contributed by atoms with Gasteiger partial charge in [0.2, 0.25) is 0 Å². The number of fused-ring (bicyclic) bond motifs is 7. The maximum atomic E-state index is 3.88. The molecule has 0 saturated heterocycles. The SMILES string of the molecule is C=C/C=C\C(=C/C)n1c2ccccc2c2ccc3c4ccccc4n(-c4ccccc4)c3c21. The Labute approximate surface area is 193 Å². The van der Waals surface area contributed by atoms with E-state index < -0.39 is 0 Å². The Kier molecular flexibility index (Phi) is 4.51. The Hall–Kier alpha value is -4.30. The second-order valence-corrected chi connectivity index (χ2v) is 8.21. The van der Waals surface area contributed by atoms with E-state index in [4.69, 9.17) is 0 Å². The van der Waals surface area contributed by atoms with Crippen LogP contribution in [0.1, 0.15) is 6.92 Å². The maximum absolute atomic E-state index is 3.88. The summed E-state index contributed by atoms with van der Waals surface area (Å²) in [6.07, 6.45) is 8.13. The lowest BCUT2D eigenvalue weighted by atomic mass is 10.1. The molecule has 2 heteroatoms. The van der Waals surface area contributed by atoms with Crippen molar-refractivity contribution in [3.63, 3.8) is 0 Å². The van der Waals surface area contributed by atoms with Gasteiger partial charge in [0.25, 0.3) is 0 Å². The highest BCUT2D eigenvalue weighted by Gasteiger charge is 2.20. The molecule has 0 aliphatic heterocycles. The molecule has 2 heterocycles. The van der Waals surface area contributed by atoms with Crippen molar-refractivity contribution in [3.05, 3.63) is 122 Å². The molecule has 2 nitrogen and oxygen atoms in total. The minimum atomic E-state index is 1.12. The van der Waals surface area contributed by atoms with Crippen LogP contribution in [0.15, 0.2) is 122 Å². The van der Waals surface area contributed by atoms with Crippen LogP contribution in [0.4, 0.5) is 0 Å². The van der Waals surface area contributed by atoms with E-state index in [-0.39, 0.29) is 0 Å². The van der Waals surface area contributed by atoms with Gasteiger partial charge in [-0.25, -0.2) is 0 Å². The first-order valence-electron chi connectivity index (χ1n) is 11.3. The number of allylic oxidation sites excluding steroid dienone is 5. The van der Waals surface area contributed by atoms with Gasteiger partial charge < -0.3 is 9.13 Å². The highest BCUT2D eigenvalue weighted by atomic mass is 15.0. The van der Waals surface area contributed by atoms with E-state index in [1.165, 1.54) is 43.6 Å². The molecular weight excluding hydrogens is 400 g/mol. The lowest BCUT2D eigenvalue weighted by molar-refractivity contribution is 1.17. The van der Waals surface area contributed by atoms with Gasteiger partial charge in [0, 0.05) is 32.9 Å². The van der Waals surface area contributed by atoms with Gasteiger partial charge in [-0.2, -0.15) is 0 Å². The molecule has 33 heavy (non-hydrogen) atoms. The summed E-state index contributed by atoms with van der Waals surface area (Å²) in [6.45, 7) is 5.97. The van der Waals surface area contributed by atoms with Crippen LogP contribution in [0, 0.1) is 0 Å². The van der Waals surface area contributed by atoms with E-state index in [2.05, 4.69) is 126 Å². The van der Waals surface area contributed by atoms with Gasteiger partial charge in [-0.15, -0.1) is 0 Å². The quantitative estimate of drug-likeness (QED) is 0.251. The average molecular weight is 425 g/mol. The predicted octanol–water partition coefficient (Wildman–Crippen LogP) is 8.49. The van der Waals surface area contributed by atoms with Crippen molar-refractivity contribution in [2.24, 2.45) is 0 Å². The van der Waals surface area contributed by atoms with Crippen molar-refractivity contribution in [1.29, 1.82) is 0 Å². The first kappa shape index (κ1) is 19.4. The normalized spacial score (nSPS) is 12.6. The number of rotatable bonds is 4. The van der Waals surface area contributed by atoms with Crippen LogP contribution in [0.5, 0.6) is 0 Å². The molecule has 4 aromatic carbocycles. The van der Waals surface area contributed by atoms with Gasteiger partial charge in [0.05, 0.1) is 22.1 Å². The molecule has 0 aliphatic rings. The summed E-state index contributed by atoms with van der Waals surface area (Å²) in [5, 5.41) is 5.03. The van der Waals surface area contributed by atoms with Gasteiger partial charge >= 0.3 is 0 Å². The zero-order chi connectivity index (χ0) is 22.4. The molecule has 0 aliphatic carbocycles. The van der Waals surface area contributed by atoms with Crippen LogP contribution in [0.3, 0.4) is 0 Å². The van der Waals surface area contributed by atoms with Crippen molar-refractivity contribution in [2.45, 2.75) is 6.92 Å². The largest absolute Gasteiger partial charge is 0.308 e. The van der Waals surface area contributed by atoms with Crippen molar-refractivity contribution >= 4 is 49.3 Å². The van der Waals surface area contributed by atoms with Crippen molar-refractivity contribution < 1.29 is 0 Å². The molecule has 0 unspecified atom stereocenters. The summed E-state index contributed by atoms with van der Waals surface area (Å²) < 4.78 is 4.80. The van der Waals surface area contributed by atoms with Crippen LogP contribution < -0.4 is 0 Å². The molecule has 0 radical (unpaired) electrons. The summed E-state index contributed by atoms with van der Waals surface area (Å²) >= 11 is 0. The fourth-order valence-corrected chi connectivity index (χ4v) is 5.08. The molecule has 0 saturated carbocycles. The van der Waals surface area contributed by atoms with E-state index in [9.17, 15) is 0 Å². The van der Waals surface area contributed by atoms with E-state index in [1.807, 2.05) is 12.2 Å². The molecule has 0 atom stereocenters. The van der Waals surface area contributed by atoms with Gasteiger partial charge in [-0.3, -0.25) is 0 Å². The monoisotopic (exact) mass is 424 g/mol. The van der Waals surface area contributed by atoms with Crippen LogP contribution >= 0.6 is 0 Å². The Balaban J connectivity index is 1.92. The number of para-hydroxylation sites is 3. The highest BCUT2D eigenvalue weighted by molar-refractivity contribution is 6.24. The van der Waals surface area contributed by atoms with Crippen LogP contribution in [-0.2, 0) is 0 Å². The van der Waals surface area contributed by atoms with Crippen LogP contribution in [0.25, 0.3) is 55.0 Å². The van der Waals surface area contributed by atoms with Gasteiger partial charge in [0.15, 0.2) is 0 Å². The third-order valence-corrected chi connectivity index (χ3v) is 6.44. The molecule has 0 amide bonds.